The Bertz CT molecular complexity index is 1100. The van der Waals surface area contributed by atoms with Gasteiger partial charge in [0.05, 0.1) is 22.2 Å². The van der Waals surface area contributed by atoms with Crippen molar-refractivity contribution in [3.63, 3.8) is 0 Å². The number of hydrogen-bond acceptors (Lipinski definition) is 5. The zero-order valence-electron chi connectivity index (χ0n) is 14.8. The number of ether oxygens (including phenoxy) is 1. The van der Waals surface area contributed by atoms with E-state index in [1.165, 1.54) is 18.5 Å². The number of rotatable bonds is 6. The molecule has 0 fully saturated rings. The fourth-order valence-electron chi connectivity index (χ4n) is 2.47. The minimum atomic E-state index is -0.816. The van der Waals surface area contributed by atoms with Crippen LogP contribution in [0.2, 0.25) is 10.0 Å². The molecule has 0 aliphatic rings. The third-order valence-corrected chi connectivity index (χ3v) is 4.44. The Labute approximate surface area is 170 Å². The maximum Gasteiger partial charge on any atom is 0.281 e. The van der Waals surface area contributed by atoms with E-state index >= 15 is 0 Å². The van der Waals surface area contributed by atoms with Gasteiger partial charge in [-0.15, -0.1) is 0 Å². The maximum absolute atomic E-state index is 12.4. The van der Waals surface area contributed by atoms with Gasteiger partial charge in [-0.3, -0.25) is 9.59 Å². The van der Waals surface area contributed by atoms with Gasteiger partial charge in [-0.2, -0.15) is 5.10 Å². The number of carbonyl (C=O) groups is 1. The first kappa shape index (κ1) is 19.9. The fourth-order valence-corrected chi connectivity index (χ4v) is 2.92. The minimum Gasteiger partial charge on any atom is -0.479 e. The number of halogens is 2. The summed E-state index contributed by atoms with van der Waals surface area (Å²) in [5, 5.41) is 5.04. The van der Waals surface area contributed by atoms with Crippen LogP contribution in [-0.2, 0) is 4.79 Å². The Hall–Kier alpha value is -2.83. The van der Waals surface area contributed by atoms with Crippen LogP contribution in [0.1, 0.15) is 18.9 Å². The van der Waals surface area contributed by atoms with Gasteiger partial charge in [0.2, 0.25) is 5.43 Å². The van der Waals surface area contributed by atoms with E-state index < -0.39 is 12.0 Å². The van der Waals surface area contributed by atoms with Gasteiger partial charge < -0.3 is 9.15 Å². The molecule has 3 rings (SSSR count). The summed E-state index contributed by atoms with van der Waals surface area (Å²) in [7, 11) is 0. The normalized spacial score (nSPS) is 12.2. The number of benzene rings is 2. The van der Waals surface area contributed by atoms with E-state index in [0.717, 1.165) is 0 Å². The van der Waals surface area contributed by atoms with Crippen molar-refractivity contribution in [1.82, 2.24) is 5.43 Å². The van der Waals surface area contributed by atoms with Crippen LogP contribution in [0.3, 0.4) is 0 Å². The SMILES string of the molecule is CC[C@H](Oc1ccc(Cl)cc1Cl)C(=O)N/N=C\c1coc2ccccc2c1=O. The molecule has 1 heterocycles. The number of hydrazone groups is 1. The molecule has 144 valence electrons. The van der Waals surface area contributed by atoms with Gasteiger partial charge in [0, 0.05) is 5.02 Å². The third-order valence-electron chi connectivity index (χ3n) is 3.91. The van der Waals surface area contributed by atoms with Gasteiger partial charge in [-0.25, -0.2) is 5.43 Å². The number of hydrogen-bond donors (Lipinski definition) is 1. The summed E-state index contributed by atoms with van der Waals surface area (Å²) < 4.78 is 11.0. The molecule has 0 unspecified atom stereocenters. The second-order valence-electron chi connectivity index (χ2n) is 5.84. The highest BCUT2D eigenvalue weighted by atomic mass is 35.5. The molecule has 0 aliphatic carbocycles. The lowest BCUT2D eigenvalue weighted by molar-refractivity contribution is -0.128. The van der Waals surface area contributed by atoms with Crippen molar-refractivity contribution in [3.05, 3.63) is 74.6 Å². The molecule has 0 saturated heterocycles. The Morgan fingerprint density at radius 1 is 1.29 bits per heavy atom. The van der Waals surface area contributed by atoms with Gasteiger partial charge in [0.25, 0.3) is 5.91 Å². The smallest absolute Gasteiger partial charge is 0.281 e. The van der Waals surface area contributed by atoms with Gasteiger partial charge in [-0.05, 0) is 36.8 Å². The van der Waals surface area contributed by atoms with Crippen LogP contribution < -0.4 is 15.6 Å². The standard InChI is InChI=1S/C20H16Cl2N2O4/c1-2-16(28-18-8-7-13(21)9-15(18)22)20(26)24-23-10-12-11-27-17-6-4-3-5-14(17)19(12)25/h3-11,16H,2H2,1H3,(H,24,26)/b23-10-/t16-/m0/s1. The molecule has 3 aromatic rings. The maximum atomic E-state index is 12.4. The Balaban J connectivity index is 1.69. The quantitative estimate of drug-likeness (QED) is 0.474. The second-order valence-corrected chi connectivity index (χ2v) is 6.68. The monoisotopic (exact) mass is 418 g/mol. The molecular weight excluding hydrogens is 403 g/mol. The van der Waals surface area contributed by atoms with E-state index in [2.05, 4.69) is 10.5 Å². The Kier molecular flexibility index (Phi) is 6.34. The van der Waals surface area contributed by atoms with Crippen LogP contribution in [0, 0.1) is 0 Å². The van der Waals surface area contributed by atoms with Crippen molar-refractivity contribution in [2.75, 3.05) is 0 Å². The number of fused-ring (bicyclic) bond motifs is 1. The van der Waals surface area contributed by atoms with Crippen LogP contribution in [0.4, 0.5) is 0 Å². The van der Waals surface area contributed by atoms with E-state index in [9.17, 15) is 9.59 Å². The molecule has 0 saturated carbocycles. The molecule has 1 N–H and O–H groups in total. The molecule has 0 bridgehead atoms. The van der Waals surface area contributed by atoms with Gasteiger partial charge in [0.1, 0.15) is 17.6 Å². The molecule has 2 aromatic carbocycles. The molecule has 1 atom stereocenters. The lowest BCUT2D eigenvalue weighted by Gasteiger charge is -2.16. The zero-order valence-corrected chi connectivity index (χ0v) is 16.3. The summed E-state index contributed by atoms with van der Waals surface area (Å²) in [5.74, 6) is -0.137. The van der Waals surface area contributed by atoms with Gasteiger partial charge in [0.15, 0.2) is 6.10 Å². The van der Waals surface area contributed by atoms with Crippen molar-refractivity contribution in [2.45, 2.75) is 19.4 Å². The van der Waals surface area contributed by atoms with Crippen molar-refractivity contribution in [2.24, 2.45) is 5.10 Å². The van der Waals surface area contributed by atoms with Crippen LogP contribution in [0.5, 0.6) is 5.75 Å². The first-order chi connectivity index (χ1) is 13.5. The van der Waals surface area contributed by atoms with Crippen molar-refractivity contribution >= 4 is 46.3 Å². The number of para-hydroxylation sites is 1. The van der Waals surface area contributed by atoms with E-state index in [-0.39, 0.29) is 11.0 Å². The van der Waals surface area contributed by atoms with E-state index in [0.29, 0.717) is 33.2 Å². The largest absolute Gasteiger partial charge is 0.479 e. The molecule has 6 nitrogen and oxygen atoms in total. The van der Waals surface area contributed by atoms with Crippen molar-refractivity contribution < 1.29 is 13.9 Å². The average Bonchev–Trinajstić information content (AvgIpc) is 2.69. The molecule has 28 heavy (non-hydrogen) atoms. The lowest BCUT2D eigenvalue weighted by atomic mass is 10.2. The number of carbonyl (C=O) groups excluding carboxylic acids is 1. The summed E-state index contributed by atoms with van der Waals surface area (Å²) >= 11 is 11.9. The topological polar surface area (TPSA) is 80.9 Å². The summed E-state index contributed by atoms with van der Waals surface area (Å²) in [6, 6.07) is 11.6. The molecular formula is C20H16Cl2N2O4. The first-order valence-electron chi connectivity index (χ1n) is 8.44. The highest BCUT2D eigenvalue weighted by molar-refractivity contribution is 6.35. The fraction of sp³-hybridized carbons (Fsp3) is 0.150. The lowest BCUT2D eigenvalue weighted by Crippen LogP contribution is -2.35. The average molecular weight is 419 g/mol. The van der Waals surface area contributed by atoms with E-state index in [4.69, 9.17) is 32.4 Å². The molecule has 0 spiro atoms. The summed E-state index contributed by atoms with van der Waals surface area (Å²) in [6.07, 6.45) is 2.10. The summed E-state index contributed by atoms with van der Waals surface area (Å²) in [5.41, 5.74) is 2.82. The van der Waals surface area contributed by atoms with E-state index in [1.807, 2.05) is 0 Å². The minimum absolute atomic E-state index is 0.216. The first-order valence-corrected chi connectivity index (χ1v) is 9.20. The van der Waals surface area contributed by atoms with Crippen molar-refractivity contribution in [1.29, 1.82) is 0 Å². The predicted molar refractivity (Wildman–Crippen MR) is 109 cm³/mol. The second kappa shape index (κ2) is 8.91. The van der Waals surface area contributed by atoms with Crippen LogP contribution in [0.15, 0.2) is 63.0 Å². The number of nitrogens with one attached hydrogen (secondary N) is 1. The van der Waals surface area contributed by atoms with Gasteiger partial charge >= 0.3 is 0 Å². The van der Waals surface area contributed by atoms with Crippen molar-refractivity contribution in [3.8, 4) is 5.75 Å². The van der Waals surface area contributed by atoms with Crippen LogP contribution >= 0.6 is 23.2 Å². The van der Waals surface area contributed by atoms with E-state index in [1.54, 1.807) is 43.3 Å². The molecule has 1 amide bonds. The summed E-state index contributed by atoms with van der Waals surface area (Å²) in [4.78, 5) is 24.7. The molecule has 0 aliphatic heterocycles. The highest BCUT2D eigenvalue weighted by Crippen LogP contribution is 2.28. The zero-order chi connectivity index (χ0) is 20.1. The number of amides is 1. The Morgan fingerprint density at radius 3 is 2.82 bits per heavy atom. The summed E-state index contributed by atoms with van der Waals surface area (Å²) in [6.45, 7) is 1.79. The van der Waals surface area contributed by atoms with Crippen LogP contribution in [0.25, 0.3) is 11.0 Å². The highest BCUT2D eigenvalue weighted by Gasteiger charge is 2.19. The Morgan fingerprint density at radius 2 is 2.07 bits per heavy atom. The number of nitrogens with zero attached hydrogens (tertiary/aromatic N) is 1. The van der Waals surface area contributed by atoms with Gasteiger partial charge in [-0.1, -0.05) is 42.3 Å². The predicted octanol–water partition coefficient (Wildman–Crippen LogP) is 4.41. The molecule has 1 aromatic heterocycles. The third kappa shape index (κ3) is 4.52. The van der Waals surface area contributed by atoms with Crippen LogP contribution in [-0.4, -0.2) is 18.2 Å². The molecule has 8 heteroatoms. The molecule has 0 radical (unpaired) electrons.